The number of aliphatic hydroxyl groups is 1. The van der Waals surface area contributed by atoms with Crippen LogP contribution in [-0.4, -0.2) is 58.2 Å². The number of hydrogen-bond donors (Lipinski definition) is 3. The molecule has 21 heavy (non-hydrogen) atoms. The number of ether oxygens (including phenoxy) is 1. The van der Waals surface area contributed by atoms with Crippen LogP contribution in [0.4, 0.5) is 11.6 Å². The van der Waals surface area contributed by atoms with Crippen LogP contribution in [0.5, 0.6) is 0 Å². The predicted molar refractivity (Wildman–Crippen MR) is 73.1 cm³/mol. The Labute approximate surface area is 120 Å². The van der Waals surface area contributed by atoms with E-state index in [1.807, 2.05) is 0 Å². The number of aromatic nitrogens is 2. The molecule has 1 fully saturated rings. The number of esters is 1. The first kappa shape index (κ1) is 15.1. The minimum absolute atomic E-state index is 0.0350. The molecule has 1 aliphatic rings. The Morgan fingerprint density at radius 2 is 2.24 bits per heavy atom. The number of carbonyl (C=O) groups excluding carboxylic acids is 1. The zero-order valence-electron chi connectivity index (χ0n) is 11.7. The van der Waals surface area contributed by atoms with Gasteiger partial charge in [-0.1, -0.05) is 0 Å². The molecule has 9 nitrogen and oxygen atoms in total. The Morgan fingerprint density at radius 3 is 2.81 bits per heavy atom. The molecule has 0 amide bonds. The Balaban J connectivity index is 2.42. The summed E-state index contributed by atoms with van der Waals surface area (Å²) < 4.78 is 5.73. The molecule has 0 aromatic carbocycles. The summed E-state index contributed by atoms with van der Waals surface area (Å²) in [4.78, 5) is 24.4. The minimum Gasteiger partial charge on any atom is -0.480 e. The maximum atomic E-state index is 11.9. The Morgan fingerprint density at radius 1 is 1.52 bits per heavy atom. The van der Waals surface area contributed by atoms with Gasteiger partial charge in [-0.3, -0.25) is 4.79 Å². The van der Waals surface area contributed by atoms with E-state index in [0.29, 0.717) is 19.5 Å². The molecule has 1 atom stereocenters. The molecule has 1 unspecified atom stereocenters. The van der Waals surface area contributed by atoms with Gasteiger partial charge in [-0.15, -0.1) is 0 Å². The zero-order valence-corrected chi connectivity index (χ0v) is 11.7. The number of rotatable bonds is 4. The van der Waals surface area contributed by atoms with E-state index < -0.39 is 24.6 Å². The van der Waals surface area contributed by atoms with Gasteiger partial charge in [0.05, 0.1) is 13.2 Å². The Bertz CT molecular complexity index is 556. The highest BCUT2D eigenvalue weighted by Gasteiger charge is 2.29. The number of carbonyl (C=O) groups is 2. The van der Waals surface area contributed by atoms with Gasteiger partial charge >= 0.3 is 11.9 Å². The molecule has 2 rings (SSSR count). The average molecular weight is 298 g/mol. The van der Waals surface area contributed by atoms with Crippen molar-refractivity contribution < 1.29 is 24.5 Å². The first-order valence-corrected chi connectivity index (χ1v) is 6.53. The van der Waals surface area contributed by atoms with Gasteiger partial charge in [0.25, 0.3) is 0 Å². The van der Waals surface area contributed by atoms with Crippen molar-refractivity contribution in [2.45, 2.75) is 25.5 Å². The van der Waals surface area contributed by atoms with E-state index in [1.54, 1.807) is 4.90 Å². The highest BCUT2D eigenvalue weighted by Crippen LogP contribution is 2.28. The molecule has 0 bridgehead atoms. The summed E-state index contributed by atoms with van der Waals surface area (Å²) in [5, 5.41) is 22.7. The largest absolute Gasteiger partial charge is 0.480 e. The van der Waals surface area contributed by atoms with Gasteiger partial charge in [-0.2, -0.15) is 5.10 Å². The van der Waals surface area contributed by atoms with Gasteiger partial charge in [-0.25, -0.2) is 9.48 Å². The molecule has 1 aromatic heterocycles. The normalized spacial score (nSPS) is 18.6. The smallest absolute Gasteiger partial charge is 0.345 e. The molecule has 1 aliphatic heterocycles. The average Bonchev–Trinajstić information content (AvgIpc) is 2.75. The fourth-order valence-corrected chi connectivity index (χ4v) is 2.38. The van der Waals surface area contributed by atoms with Gasteiger partial charge in [0, 0.05) is 13.1 Å². The van der Waals surface area contributed by atoms with Gasteiger partial charge in [0.1, 0.15) is 17.9 Å². The number of carboxylic acid groups (broad SMARTS) is 1. The molecular weight excluding hydrogens is 280 g/mol. The summed E-state index contributed by atoms with van der Waals surface area (Å²) in [6, 6.07) is 0. The van der Waals surface area contributed by atoms with Crippen LogP contribution >= 0.6 is 0 Å². The first-order valence-electron chi connectivity index (χ1n) is 6.53. The SMILES string of the molecule is COC(=O)c1c(N2CCCC(O)C2)nn(CC(=O)O)c1N. The van der Waals surface area contributed by atoms with Crippen molar-refractivity contribution in [3.8, 4) is 0 Å². The van der Waals surface area contributed by atoms with E-state index in [4.69, 9.17) is 10.8 Å². The molecule has 0 spiro atoms. The lowest BCUT2D eigenvalue weighted by Crippen LogP contribution is -2.39. The topological polar surface area (TPSA) is 131 Å². The van der Waals surface area contributed by atoms with Crippen molar-refractivity contribution in [2.75, 3.05) is 30.8 Å². The Kier molecular flexibility index (Phi) is 4.32. The fourth-order valence-electron chi connectivity index (χ4n) is 2.38. The second kappa shape index (κ2) is 6.00. The number of piperidine rings is 1. The second-order valence-corrected chi connectivity index (χ2v) is 4.87. The van der Waals surface area contributed by atoms with Crippen LogP contribution < -0.4 is 10.6 Å². The summed E-state index contributed by atoms with van der Waals surface area (Å²) in [6.45, 7) is 0.463. The van der Waals surface area contributed by atoms with Gasteiger partial charge in [0.2, 0.25) is 0 Å². The third kappa shape index (κ3) is 3.07. The lowest BCUT2D eigenvalue weighted by Gasteiger charge is -2.30. The predicted octanol–water partition coefficient (Wildman–Crippen LogP) is -0.702. The van der Waals surface area contributed by atoms with Crippen molar-refractivity contribution in [2.24, 2.45) is 0 Å². The van der Waals surface area contributed by atoms with Crippen LogP contribution in [0, 0.1) is 0 Å². The van der Waals surface area contributed by atoms with Gasteiger partial charge < -0.3 is 25.6 Å². The van der Waals surface area contributed by atoms with Crippen molar-refractivity contribution in [1.82, 2.24) is 9.78 Å². The number of nitrogens with two attached hydrogens (primary N) is 1. The molecule has 1 aromatic rings. The van der Waals surface area contributed by atoms with E-state index in [2.05, 4.69) is 9.84 Å². The molecule has 1 saturated heterocycles. The van der Waals surface area contributed by atoms with Gasteiger partial charge in [0.15, 0.2) is 5.82 Å². The second-order valence-electron chi connectivity index (χ2n) is 4.87. The molecule has 0 radical (unpaired) electrons. The number of aliphatic hydroxyl groups excluding tert-OH is 1. The molecule has 4 N–H and O–H groups in total. The van der Waals surface area contributed by atoms with Crippen molar-refractivity contribution in [1.29, 1.82) is 0 Å². The van der Waals surface area contributed by atoms with Crippen LogP contribution in [0.1, 0.15) is 23.2 Å². The monoisotopic (exact) mass is 298 g/mol. The molecule has 9 heteroatoms. The van der Waals surface area contributed by atoms with Gasteiger partial charge in [-0.05, 0) is 12.8 Å². The maximum absolute atomic E-state index is 11.9. The van der Waals surface area contributed by atoms with Crippen LogP contribution in [0.15, 0.2) is 0 Å². The van der Waals surface area contributed by atoms with Crippen LogP contribution in [-0.2, 0) is 16.1 Å². The maximum Gasteiger partial charge on any atom is 0.345 e. The Hall–Kier alpha value is -2.29. The standard InChI is InChI=1S/C12H18N4O5/c1-21-12(20)9-10(13)16(6-8(18)19)14-11(9)15-4-2-3-7(17)5-15/h7,17H,2-6,13H2,1H3,(H,18,19). The highest BCUT2D eigenvalue weighted by molar-refractivity contribution is 6.00. The quantitative estimate of drug-likeness (QED) is 0.622. The number of carboxylic acids is 1. The summed E-state index contributed by atoms with van der Waals surface area (Å²) in [6.07, 6.45) is 0.901. The van der Waals surface area contributed by atoms with Crippen LogP contribution in [0.3, 0.4) is 0 Å². The van der Waals surface area contributed by atoms with Crippen molar-refractivity contribution in [3.05, 3.63) is 5.56 Å². The summed E-state index contributed by atoms with van der Waals surface area (Å²) >= 11 is 0. The lowest BCUT2D eigenvalue weighted by atomic mass is 10.1. The molecule has 0 saturated carbocycles. The number of nitrogens with zero attached hydrogens (tertiary/aromatic N) is 3. The highest BCUT2D eigenvalue weighted by atomic mass is 16.5. The van der Waals surface area contributed by atoms with E-state index in [9.17, 15) is 14.7 Å². The van der Waals surface area contributed by atoms with Crippen LogP contribution in [0.25, 0.3) is 0 Å². The zero-order chi connectivity index (χ0) is 15.6. The summed E-state index contributed by atoms with van der Waals surface area (Å²) in [5.74, 6) is -1.61. The molecule has 116 valence electrons. The van der Waals surface area contributed by atoms with E-state index in [1.165, 1.54) is 7.11 Å². The molecular formula is C12H18N4O5. The third-order valence-electron chi connectivity index (χ3n) is 3.34. The van der Waals surface area contributed by atoms with Crippen molar-refractivity contribution in [3.63, 3.8) is 0 Å². The fraction of sp³-hybridized carbons (Fsp3) is 0.583. The lowest BCUT2D eigenvalue weighted by molar-refractivity contribution is -0.137. The number of nitrogen functional groups attached to an aromatic ring is 1. The van der Waals surface area contributed by atoms with E-state index in [0.717, 1.165) is 11.1 Å². The van der Waals surface area contributed by atoms with Crippen molar-refractivity contribution >= 4 is 23.6 Å². The third-order valence-corrected chi connectivity index (χ3v) is 3.34. The molecule has 2 heterocycles. The van der Waals surface area contributed by atoms with Crippen LogP contribution in [0.2, 0.25) is 0 Å². The molecule has 0 aliphatic carbocycles. The van der Waals surface area contributed by atoms with E-state index in [-0.39, 0.29) is 17.2 Å². The minimum atomic E-state index is -1.12. The summed E-state index contributed by atoms with van der Waals surface area (Å²) in [7, 11) is 1.21. The number of β-amino-alcohol motifs (C(OH)–C–C–N with tert-alkyl or cyclic N) is 1. The number of hydrogen-bond acceptors (Lipinski definition) is 7. The first-order chi connectivity index (χ1) is 9.93. The van der Waals surface area contributed by atoms with E-state index >= 15 is 0 Å². The number of anilines is 2. The number of aliphatic carboxylic acids is 1. The summed E-state index contributed by atoms with van der Waals surface area (Å²) in [5.41, 5.74) is 5.85. The number of methoxy groups -OCH3 is 1.